The molecule has 5 aromatic carbocycles. The lowest BCUT2D eigenvalue weighted by Gasteiger charge is -2.36. The number of benzene rings is 5. The number of carbonyl (C=O) groups excluding carboxylic acids is 2. The van der Waals surface area contributed by atoms with Gasteiger partial charge < -0.3 is 14.8 Å². The molecule has 0 saturated carbocycles. The summed E-state index contributed by atoms with van der Waals surface area (Å²) >= 11 is 6.78. The first kappa shape index (κ1) is 30.7. The standard InChI is InChI=1S/C40H32ClNO4/c1-2-15-30(42-39(44)45-27-35-33-22-11-9-20-31(33)32-21-10-12-23-34(32)35)26-38(43)46-40(28-16-5-3-6-17-28,29-18-7-4-8-19-29)36-24-13-14-25-37(36)41/h1,3-14,16-25,30,35H,15,26-27H2,(H,42,44)/t30-/m1/s1. The molecular formula is C40H32ClNO4. The predicted octanol–water partition coefficient (Wildman–Crippen LogP) is 8.50. The molecule has 228 valence electrons. The first-order valence-corrected chi connectivity index (χ1v) is 15.5. The Morgan fingerprint density at radius 1 is 0.761 bits per heavy atom. The molecule has 1 atom stereocenters. The Hall–Kier alpha value is -5.31. The van der Waals surface area contributed by atoms with Crippen molar-refractivity contribution in [2.75, 3.05) is 6.61 Å². The Morgan fingerprint density at radius 3 is 1.85 bits per heavy atom. The van der Waals surface area contributed by atoms with E-state index in [2.05, 4.69) is 35.5 Å². The van der Waals surface area contributed by atoms with Crippen molar-refractivity contribution >= 4 is 23.7 Å². The van der Waals surface area contributed by atoms with Crippen molar-refractivity contribution in [3.8, 4) is 23.5 Å². The third kappa shape index (κ3) is 6.13. The Kier molecular flexibility index (Phi) is 9.19. The third-order valence-corrected chi connectivity index (χ3v) is 8.65. The van der Waals surface area contributed by atoms with Crippen LogP contribution in [-0.4, -0.2) is 24.7 Å². The number of fused-ring (bicyclic) bond motifs is 3. The number of alkyl carbamates (subject to hydrolysis) is 1. The van der Waals surface area contributed by atoms with Gasteiger partial charge >= 0.3 is 12.1 Å². The van der Waals surface area contributed by atoms with Crippen LogP contribution in [0.4, 0.5) is 4.79 Å². The lowest BCUT2D eigenvalue weighted by Crippen LogP contribution is -2.40. The number of hydrogen-bond acceptors (Lipinski definition) is 4. The van der Waals surface area contributed by atoms with E-state index in [0.717, 1.165) is 33.4 Å². The maximum atomic E-state index is 13.9. The highest BCUT2D eigenvalue weighted by atomic mass is 35.5. The molecule has 1 aliphatic rings. The zero-order chi connectivity index (χ0) is 31.9. The molecule has 0 aromatic heterocycles. The van der Waals surface area contributed by atoms with Crippen molar-refractivity contribution in [1.82, 2.24) is 5.32 Å². The van der Waals surface area contributed by atoms with E-state index in [1.54, 1.807) is 6.07 Å². The van der Waals surface area contributed by atoms with Gasteiger partial charge in [0.1, 0.15) is 6.61 Å². The lowest BCUT2D eigenvalue weighted by molar-refractivity contribution is -0.154. The highest BCUT2D eigenvalue weighted by Gasteiger charge is 2.42. The first-order valence-electron chi connectivity index (χ1n) is 15.1. The van der Waals surface area contributed by atoms with Gasteiger partial charge in [0.25, 0.3) is 0 Å². The zero-order valence-electron chi connectivity index (χ0n) is 25.1. The molecule has 0 spiro atoms. The lowest BCUT2D eigenvalue weighted by atomic mass is 9.80. The topological polar surface area (TPSA) is 64.6 Å². The average molecular weight is 626 g/mol. The van der Waals surface area contributed by atoms with Crippen LogP contribution in [0, 0.1) is 12.3 Å². The number of carbonyl (C=O) groups is 2. The molecule has 0 fully saturated rings. The van der Waals surface area contributed by atoms with E-state index < -0.39 is 23.7 Å². The van der Waals surface area contributed by atoms with Gasteiger partial charge in [0.05, 0.1) is 12.5 Å². The van der Waals surface area contributed by atoms with Crippen molar-refractivity contribution in [2.24, 2.45) is 0 Å². The van der Waals surface area contributed by atoms with Crippen LogP contribution in [0.15, 0.2) is 133 Å². The summed E-state index contributed by atoms with van der Waals surface area (Å²) < 4.78 is 12.2. The first-order chi connectivity index (χ1) is 22.5. The Labute approximate surface area is 274 Å². The van der Waals surface area contributed by atoms with Gasteiger partial charge in [-0.1, -0.05) is 139 Å². The maximum Gasteiger partial charge on any atom is 0.407 e. The van der Waals surface area contributed by atoms with Gasteiger partial charge in [-0.25, -0.2) is 4.79 Å². The van der Waals surface area contributed by atoms with E-state index in [4.69, 9.17) is 27.5 Å². The van der Waals surface area contributed by atoms with Crippen LogP contribution in [0.25, 0.3) is 11.1 Å². The molecule has 6 rings (SSSR count). The molecule has 46 heavy (non-hydrogen) atoms. The number of terminal acetylenes is 1. The summed E-state index contributed by atoms with van der Waals surface area (Å²) in [7, 11) is 0. The fourth-order valence-electron chi connectivity index (χ4n) is 6.28. The summed E-state index contributed by atoms with van der Waals surface area (Å²) in [6, 6.07) is 41.8. The van der Waals surface area contributed by atoms with Crippen LogP contribution in [0.2, 0.25) is 5.02 Å². The second kappa shape index (κ2) is 13.8. The Balaban J connectivity index is 1.22. The number of esters is 1. The van der Waals surface area contributed by atoms with E-state index in [-0.39, 0.29) is 25.4 Å². The summed E-state index contributed by atoms with van der Waals surface area (Å²) in [5.74, 6) is 1.91. The Morgan fingerprint density at radius 2 is 1.28 bits per heavy atom. The number of amides is 1. The van der Waals surface area contributed by atoms with Crippen molar-refractivity contribution < 1.29 is 19.1 Å². The van der Waals surface area contributed by atoms with Gasteiger partial charge in [0, 0.05) is 34.1 Å². The van der Waals surface area contributed by atoms with Crippen LogP contribution >= 0.6 is 11.6 Å². The molecule has 0 heterocycles. The highest BCUT2D eigenvalue weighted by molar-refractivity contribution is 6.31. The van der Waals surface area contributed by atoms with Crippen LogP contribution in [0.1, 0.15) is 46.6 Å². The fourth-order valence-corrected chi connectivity index (χ4v) is 6.55. The molecule has 0 bridgehead atoms. The van der Waals surface area contributed by atoms with Crippen LogP contribution in [-0.2, 0) is 19.9 Å². The highest BCUT2D eigenvalue weighted by Crippen LogP contribution is 2.45. The monoisotopic (exact) mass is 625 g/mol. The average Bonchev–Trinajstić information content (AvgIpc) is 3.41. The molecule has 1 amide bonds. The smallest absolute Gasteiger partial charge is 0.407 e. The Bertz CT molecular complexity index is 1800. The second-order valence-electron chi connectivity index (χ2n) is 11.1. The minimum absolute atomic E-state index is 0.0952. The summed E-state index contributed by atoms with van der Waals surface area (Å²) in [5.41, 5.74) is 5.19. The number of hydrogen-bond donors (Lipinski definition) is 1. The molecular weight excluding hydrogens is 594 g/mol. The van der Waals surface area contributed by atoms with Gasteiger partial charge in [-0.05, 0) is 28.3 Å². The molecule has 6 heteroatoms. The molecule has 0 unspecified atom stereocenters. The van der Waals surface area contributed by atoms with Gasteiger partial charge in [0.15, 0.2) is 5.60 Å². The molecule has 1 N–H and O–H groups in total. The predicted molar refractivity (Wildman–Crippen MR) is 180 cm³/mol. The van der Waals surface area contributed by atoms with Crippen LogP contribution in [0.3, 0.4) is 0 Å². The summed E-state index contributed by atoms with van der Waals surface area (Å²) in [4.78, 5) is 27.0. The molecule has 1 aliphatic carbocycles. The van der Waals surface area contributed by atoms with Crippen molar-refractivity contribution in [2.45, 2.75) is 30.4 Å². The number of rotatable bonds is 10. The SMILES string of the molecule is C#CC[C@H](CC(=O)OC(c1ccccc1)(c1ccccc1)c1ccccc1Cl)NC(=O)OCC1c2ccccc2-c2ccccc21. The van der Waals surface area contributed by atoms with Gasteiger partial charge in [0.2, 0.25) is 0 Å². The fraction of sp³-hybridized carbons (Fsp3) is 0.150. The minimum Gasteiger partial charge on any atom is -0.449 e. The van der Waals surface area contributed by atoms with E-state index in [1.807, 2.05) is 103 Å². The van der Waals surface area contributed by atoms with E-state index >= 15 is 0 Å². The normalized spacial score (nSPS) is 12.7. The number of ether oxygens (including phenoxy) is 2. The molecule has 0 radical (unpaired) electrons. The van der Waals surface area contributed by atoms with E-state index in [1.165, 1.54) is 0 Å². The van der Waals surface area contributed by atoms with Crippen molar-refractivity contribution in [3.05, 3.63) is 166 Å². The molecule has 0 aliphatic heterocycles. The second-order valence-corrected chi connectivity index (χ2v) is 11.6. The van der Waals surface area contributed by atoms with Gasteiger partial charge in [-0.15, -0.1) is 12.3 Å². The number of nitrogens with one attached hydrogen (secondary N) is 1. The molecule has 0 saturated heterocycles. The minimum atomic E-state index is -1.36. The number of halogens is 1. The molecule has 5 nitrogen and oxygen atoms in total. The van der Waals surface area contributed by atoms with Gasteiger partial charge in [-0.3, -0.25) is 4.79 Å². The quantitative estimate of drug-likeness (QED) is 0.0960. The largest absolute Gasteiger partial charge is 0.449 e. The van der Waals surface area contributed by atoms with Gasteiger partial charge in [-0.2, -0.15) is 0 Å². The van der Waals surface area contributed by atoms with Crippen molar-refractivity contribution in [3.63, 3.8) is 0 Å². The van der Waals surface area contributed by atoms with E-state index in [9.17, 15) is 9.59 Å². The van der Waals surface area contributed by atoms with Crippen molar-refractivity contribution in [1.29, 1.82) is 0 Å². The third-order valence-electron chi connectivity index (χ3n) is 8.32. The zero-order valence-corrected chi connectivity index (χ0v) is 25.8. The molecule has 5 aromatic rings. The van der Waals surface area contributed by atoms with E-state index in [0.29, 0.717) is 10.6 Å². The summed E-state index contributed by atoms with van der Waals surface area (Å²) in [6.07, 6.45) is 4.94. The van der Waals surface area contributed by atoms with Crippen LogP contribution < -0.4 is 5.32 Å². The summed E-state index contributed by atoms with van der Waals surface area (Å²) in [5, 5.41) is 3.25. The van der Waals surface area contributed by atoms with Crippen LogP contribution in [0.5, 0.6) is 0 Å². The maximum absolute atomic E-state index is 13.9. The summed E-state index contributed by atoms with van der Waals surface area (Å²) in [6.45, 7) is 0.144.